The number of thioether (sulfide) groups is 1. The summed E-state index contributed by atoms with van der Waals surface area (Å²) in [7, 11) is 0. The maximum atomic E-state index is 12.5. The first kappa shape index (κ1) is 24.7. The molecule has 1 N–H and O–H groups in total. The third-order valence-corrected chi connectivity index (χ3v) is 6.06. The lowest BCUT2D eigenvalue weighted by molar-refractivity contribution is -0.115. The fourth-order valence-corrected chi connectivity index (χ4v) is 4.24. The molecule has 180 valence electrons. The molecule has 0 atom stereocenters. The summed E-state index contributed by atoms with van der Waals surface area (Å²) in [6.45, 7) is 5.34. The molecule has 0 bridgehead atoms. The number of rotatable bonds is 9. The van der Waals surface area contributed by atoms with E-state index in [1.807, 2.05) is 86.7 Å². The summed E-state index contributed by atoms with van der Waals surface area (Å²) in [5.41, 5.74) is 2.56. The van der Waals surface area contributed by atoms with Gasteiger partial charge in [0.15, 0.2) is 16.7 Å². The highest BCUT2D eigenvalue weighted by Crippen LogP contribution is 2.33. The van der Waals surface area contributed by atoms with E-state index in [0.29, 0.717) is 46.4 Å². The van der Waals surface area contributed by atoms with Crippen molar-refractivity contribution in [3.63, 3.8) is 0 Å². The molecule has 0 aromatic heterocycles. The Kier molecular flexibility index (Phi) is 8.34. The number of carbonyl (C=O) groups is 1. The average Bonchev–Trinajstić information content (AvgIpc) is 3.19. The van der Waals surface area contributed by atoms with Gasteiger partial charge in [-0.15, -0.1) is 0 Å². The number of halogens is 1. The third-order valence-electron chi connectivity index (χ3n) is 4.90. The van der Waals surface area contributed by atoms with E-state index in [1.165, 1.54) is 11.8 Å². The van der Waals surface area contributed by atoms with Crippen LogP contribution in [0.15, 0.2) is 76.6 Å². The second-order valence-corrected chi connectivity index (χ2v) is 8.93. The van der Waals surface area contributed by atoms with Crippen molar-refractivity contribution >= 4 is 46.2 Å². The van der Waals surface area contributed by atoms with Gasteiger partial charge in [-0.05, 0) is 91.3 Å². The molecule has 3 aromatic rings. The maximum absolute atomic E-state index is 12.5. The van der Waals surface area contributed by atoms with Crippen molar-refractivity contribution in [1.29, 1.82) is 0 Å². The standard InChI is InChI=1S/C27H25ClN2O4S/c1-3-32-22-12-10-21(11-13-22)29-27-30-26(31)25(35-27)16-19-7-14-23(24(15-19)33-4-2)34-17-18-5-8-20(28)9-6-18/h5-16H,3-4,17H2,1-2H3,(H,29,30,31). The van der Waals surface area contributed by atoms with Gasteiger partial charge >= 0.3 is 0 Å². The van der Waals surface area contributed by atoms with Gasteiger partial charge in [0.25, 0.3) is 5.91 Å². The lowest BCUT2D eigenvalue weighted by atomic mass is 10.2. The number of nitrogens with one attached hydrogen (secondary N) is 1. The van der Waals surface area contributed by atoms with Gasteiger partial charge in [0, 0.05) is 5.02 Å². The second-order valence-electron chi connectivity index (χ2n) is 7.46. The van der Waals surface area contributed by atoms with E-state index >= 15 is 0 Å². The van der Waals surface area contributed by atoms with Crippen molar-refractivity contribution in [3.05, 3.63) is 87.8 Å². The van der Waals surface area contributed by atoms with Gasteiger partial charge in [0.1, 0.15) is 12.4 Å². The molecule has 1 saturated heterocycles. The summed E-state index contributed by atoms with van der Waals surface area (Å²) in [6.07, 6.45) is 1.81. The van der Waals surface area contributed by atoms with Crippen LogP contribution in [0.4, 0.5) is 5.69 Å². The lowest BCUT2D eigenvalue weighted by Gasteiger charge is -2.13. The third kappa shape index (κ3) is 6.81. The molecule has 1 aliphatic heterocycles. The van der Waals surface area contributed by atoms with Crippen LogP contribution in [-0.2, 0) is 11.4 Å². The Morgan fingerprint density at radius 1 is 0.914 bits per heavy atom. The number of carbonyl (C=O) groups excluding carboxylic acids is 1. The summed E-state index contributed by atoms with van der Waals surface area (Å²) >= 11 is 7.24. The van der Waals surface area contributed by atoms with Crippen LogP contribution in [0.2, 0.25) is 5.02 Å². The molecule has 0 spiro atoms. The number of aliphatic imine (C=N–C) groups is 1. The van der Waals surface area contributed by atoms with Crippen molar-refractivity contribution in [2.75, 3.05) is 13.2 Å². The van der Waals surface area contributed by atoms with Crippen LogP contribution in [0.5, 0.6) is 17.2 Å². The SMILES string of the molecule is CCOc1ccc(N=C2NC(=O)C(=Cc3ccc(OCc4ccc(Cl)cc4)c(OCC)c3)S2)cc1. The largest absolute Gasteiger partial charge is 0.494 e. The fraction of sp³-hybridized carbons (Fsp3) is 0.185. The van der Waals surface area contributed by atoms with Crippen LogP contribution in [0.3, 0.4) is 0 Å². The zero-order valence-electron chi connectivity index (χ0n) is 19.4. The monoisotopic (exact) mass is 508 g/mol. The topological polar surface area (TPSA) is 69.2 Å². The van der Waals surface area contributed by atoms with E-state index in [0.717, 1.165) is 22.6 Å². The minimum Gasteiger partial charge on any atom is -0.494 e. The average molecular weight is 509 g/mol. The Labute approximate surface area is 214 Å². The van der Waals surface area contributed by atoms with Gasteiger partial charge in [0.05, 0.1) is 23.8 Å². The molecule has 0 aliphatic carbocycles. The van der Waals surface area contributed by atoms with Crippen molar-refractivity contribution in [2.45, 2.75) is 20.5 Å². The number of ether oxygens (including phenoxy) is 3. The summed E-state index contributed by atoms with van der Waals surface area (Å²) in [6, 6.07) is 20.5. The smallest absolute Gasteiger partial charge is 0.264 e. The van der Waals surface area contributed by atoms with E-state index in [1.54, 1.807) is 0 Å². The van der Waals surface area contributed by atoms with E-state index in [9.17, 15) is 4.79 Å². The molecule has 3 aromatic carbocycles. The molecule has 8 heteroatoms. The predicted molar refractivity (Wildman–Crippen MR) is 142 cm³/mol. The molecule has 1 amide bonds. The van der Waals surface area contributed by atoms with E-state index in [4.69, 9.17) is 25.8 Å². The van der Waals surface area contributed by atoms with Gasteiger partial charge in [-0.2, -0.15) is 0 Å². The fourth-order valence-electron chi connectivity index (χ4n) is 3.28. The molecule has 4 rings (SSSR count). The quantitative estimate of drug-likeness (QED) is 0.329. The lowest BCUT2D eigenvalue weighted by Crippen LogP contribution is -2.19. The van der Waals surface area contributed by atoms with E-state index in [2.05, 4.69) is 10.3 Å². The van der Waals surface area contributed by atoms with Gasteiger partial charge in [-0.25, -0.2) is 4.99 Å². The molecule has 0 unspecified atom stereocenters. The normalized spacial score (nSPS) is 15.3. The van der Waals surface area contributed by atoms with Gasteiger partial charge in [-0.3, -0.25) is 4.79 Å². The number of amidine groups is 1. The highest BCUT2D eigenvalue weighted by Gasteiger charge is 2.24. The number of benzene rings is 3. The van der Waals surface area contributed by atoms with Crippen molar-refractivity contribution in [2.24, 2.45) is 4.99 Å². The zero-order valence-corrected chi connectivity index (χ0v) is 21.0. The number of nitrogens with zero attached hydrogens (tertiary/aromatic N) is 1. The Balaban J connectivity index is 1.47. The highest BCUT2D eigenvalue weighted by atomic mass is 35.5. The van der Waals surface area contributed by atoms with Gasteiger partial charge < -0.3 is 19.5 Å². The molecule has 1 heterocycles. The van der Waals surface area contributed by atoms with Gasteiger partial charge in [0.2, 0.25) is 0 Å². The Bertz CT molecular complexity index is 1240. The first-order valence-corrected chi connectivity index (χ1v) is 12.4. The van der Waals surface area contributed by atoms with Crippen molar-refractivity contribution in [1.82, 2.24) is 5.32 Å². The van der Waals surface area contributed by atoms with E-state index < -0.39 is 0 Å². The summed E-state index contributed by atoms with van der Waals surface area (Å²) in [4.78, 5) is 17.6. The first-order chi connectivity index (χ1) is 17.0. The van der Waals surface area contributed by atoms with Crippen LogP contribution >= 0.6 is 23.4 Å². The molecular formula is C27H25ClN2O4S. The Morgan fingerprint density at radius 3 is 2.37 bits per heavy atom. The summed E-state index contributed by atoms with van der Waals surface area (Å²) < 4.78 is 17.2. The molecule has 0 radical (unpaired) electrons. The van der Waals surface area contributed by atoms with E-state index in [-0.39, 0.29) is 5.91 Å². The van der Waals surface area contributed by atoms with Crippen LogP contribution in [0, 0.1) is 0 Å². The maximum Gasteiger partial charge on any atom is 0.264 e. The highest BCUT2D eigenvalue weighted by molar-refractivity contribution is 8.18. The van der Waals surface area contributed by atoms with Crippen molar-refractivity contribution < 1.29 is 19.0 Å². The van der Waals surface area contributed by atoms with Crippen LogP contribution in [-0.4, -0.2) is 24.3 Å². The predicted octanol–water partition coefficient (Wildman–Crippen LogP) is 6.61. The number of hydrogen-bond acceptors (Lipinski definition) is 6. The summed E-state index contributed by atoms with van der Waals surface area (Å²) in [5, 5.41) is 4.02. The number of hydrogen-bond donors (Lipinski definition) is 1. The molecule has 6 nitrogen and oxygen atoms in total. The first-order valence-electron chi connectivity index (χ1n) is 11.2. The zero-order chi connectivity index (χ0) is 24.6. The minimum absolute atomic E-state index is 0.194. The molecule has 0 saturated carbocycles. The molecular weight excluding hydrogens is 484 g/mol. The Hall–Kier alpha value is -3.42. The second kappa shape index (κ2) is 11.8. The van der Waals surface area contributed by atoms with Gasteiger partial charge in [-0.1, -0.05) is 29.8 Å². The van der Waals surface area contributed by atoms with Crippen LogP contribution in [0.1, 0.15) is 25.0 Å². The molecule has 35 heavy (non-hydrogen) atoms. The molecule has 1 aliphatic rings. The summed E-state index contributed by atoms with van der Waals surface area (Å²) in [5.74, 6) is 1.83. The number of amides is 1. The minimum atomic E-state index is -0.194. The molecule has 1 fully saturated rings. The van der Waals surface area contributed by atoms with Crippen LogP contribution in [0.25, 0.3) is 6.08 Å². The Morgan fingerprint density at radius 2 is 1.66 bits per heavy atom. The van der Waals surface area contributed by atoms with Crippen molar-refractivity contribution in [3.8, 4) is 17.2 Å². The van der Waals surface area contributed by atoms with Crippen LogP contribution < -0.4 is 19.5 Å².